The highest BCUT2D eigenvalue weighted by atomic mass is 32.2. The number of fused-ring (bicyclic) bond motifs is 2. The van der Waals surface area contributed by atoms with Gasteiger partial charge >= 0.3 is 11.9 Å². The molecule has 2 aliphatic heterocycles. The zero-order valence-electron chi connectivity index (χ0n) is 46.3. The Balaban J connectivity index is 0.000000861. The predicted octanol–water partition coefficient (Wildman–Crippen LogP) is 8.66. The van der Waals surface area contributed by atoms with Crippen LogP contribution in [0, 0.1) is 0 Å². The minimum absolute atomic E-state index is 0.0393. The summed E-state index contributed by atoms with van der Waals surface area (Å²) in [6.45, 7) is 3.57. The first-order valence-electron chi connectivity index (χ1n) is 25.9. The lowest BCUT2D eigenvalue weighted by atomic mass is 9.86. The van der Waals surface area contributed by atoms with Crippen LogP contribution in [0.3, 0.4) is 0 Å². The van der Waals surface area contributed by atoms with Crippen molar-refractivity contribution < 1.29 is 78.9 Å². The highest BCUT2D eigenvalue weighted by Gasteiger charge is 2.42. The molecule has 0 saturated carbocycles. The molecule has 77 heavy (non-hydrogen) atoms. The molecule has 7 rings (SSSR count). The van der Waals surface area contributed by atoms with Crippen LogP contribution < -0.4 is 37.9 Å². The van der Waals surface area contributed by atoms with Gasteiger partial charge in [0, 0.05) is 36.8 Å². The summed E-state index contributed by atoms with van der Waals surface area (Å²) in [6, 6.07) is 27.7. The highest BCUT2D eigenvalue weighted by Crippen LogP contribution is 2.45. The monoisotopic (exact) mass is 1090 g/mol. The molecule has 0 bridgehead atoms. The topological polar surface area (TPSA) is 184 Å². The molecule has 0 unspecified atom stereocenters. The lowest BCUT2D eigenvalue weighted by Gasteiger charge is -2.46. The molecule has 0 spiro atoms. The third kappa shape index (κ3) is 15.3. The normalized spacial score (nSPS) is 18.5. The number of quaternary nitrogens is 2. The molecule has 0 aromatic heterocycles. The van der Waals surface area contributed by atoms with Crippen molar-refractivity contribution in [2.75, 3.05) is 110 Å². The Morgan fingerprint density at radius 3 is 1.21 bits per heavy atom. The number of carbonyl (C=O) groups is 2. The molecule has 2 heterocycles. The van der Waals surface area contributed by atoms with Gasteiger partial charge in [0.2, 0.25) is 0 Å². The number of carbonyl (C=O) groups excluding carboxylic acids is 2. The Labute approximate surface area is 454 Å². The molecule has 0 aliphatic carbocycles. The van der Waals surface area contributed by atoms with Crippen molar-refractivity contribution in [3.63, 3.8) is 0 Å². The predicted molar refractivity (Wildman–Crippen MR) is 290 cm³/mol. The molecule has 0 saturated heterocycles. The average Bonchev–Trinajstić information content (AvgIpc) is 3.46. The van der Waals surface area contributed by atoms with E-state index in [1.165, 1.54) is 46.5 Å². The van der Waals surface area contributed by atoms with Crippen molar-refractivity contribution in [2.45, 2.75) is 74.8 Å². The van der Waals surface area contributed by atoms with Crippen LogP contribution in [0.5, 0.6) is 46.0 Å². The first kappa shape index (κ1) is 59.5. The van der Waals surface area contributed by atoms with Gasteiger partial charge in [-0.15, -0.1) is 0 Å². The van der Waals surface area contributed by atoms with Gasteiger partial charge in [-0.25, -0.2) is 8.42 Å². The van der Waals surface area contributed by atoms with E-state index in [1.807, 2.05) is 24.3 Å². The molecule has 18 heteroatoms. The van der Waals surface area contributed by atoms with E-state index in [1.54, 1.807) is 62.9 Å². The molecule has 0 amide bonds. The first-order chi connectivity index (χ1) is 37.0. The molecule has 0 radical (unpaired) electrons. The first-order valence-corrected chi connectivity index (χ1v) is 27.3. The molecule has 418 valence electrons. The quantitative estimate of drug-likeness (QED) is 0.0234. The minimum atomic E-state index is -4.25. The second kappa shape index (κ2) is 27.5. The Kier molecular flexibility index (Phi) is 21.3. The summed E-state index contributed by atoms with van der Waals surface area (Å²) in [7, 11) is 13.4. The van der Waals surface area contributed by atoms with E-state index in [2.05, 4.69) is 50.5 Å². The fourth-order valence-electron chi connectivity index (χ4n) is 10.5. The third-order valence-corrected chi connectivity index (χ3v) is 15.9. The second-order valence-corrected chi connectivity index (χ2v) is 21.1. The Bertz CT molecular complexity index is 2720. The van der Waals surface area contributed by atoms with Crippen LogP contribution in [-0.4, -0.2) is 144 Å². The SMILES string of the molecule is COc1ccc(C[C@@H]2c3cc(OC)c(OC)cc3CC[N@@+]2(C)CCC(=O)OCCCCCOC(=O)CC[N@@+]2(C)CCc3cc(OC)c(OC)cc3[C@@H]2Cc2ccc(OC)c(OC)c2)cc1OC.O=S(=O)([O-])c1ccccc1. The fraction of sp³-hybridized carbons (Fsp3) is 0.458. The number of unbranched alkanes of at least 4 members (excludes halogenated alkanes) is 2. The van der Waals surface area contributed by atoms with E-state index in [-0.39, 0.29) is 28.9 Å². The van der Waals surface area contributed by atoms with Crippen molar-refractivity contribution in [1.82, 2.24) is 0 Å². The van der Waals surface area contributed by atoms with Crippen LogP contribution >= 0.6 is 0 Å². The molecule has 5 aromatic rings. The van der Waals surface area contributed by atoms with E-state index in [0.717, 1.165) is 56.3 Å². The van der Waals surface area contributed by atoms with Crippen molar-refractivity contribution in [3.05, 3.63) is 124 Å². The van der Waals surface area contributed by atoms with Crippen molar-refractivity contribution >= 4 is 22.1 Å². The number of methoxy groups -OCH3 is 8. The molecule has 0 fully saturated rings. The van der Waals surface area contributed by atoms with Crippen LogP contribution in [0.4, 0.5) is 0 Å². The van der Waals surface area contributed by atoms with Gasteiger partial charge in [-0.2, -0.15) is 0 Å². The number of esters is 2. The van der Waals surface area contributed by atoms with Gasteiger partial charge in [-0.3, -0.25) is 9.59 Å². The summed E-state index contributed by atoms with van der Waals surface area (Å²) >= 11 is 0. The van der Waals surface area contributed by atoms with Crippen molar-refractivity contribution in [3.8, 4) is 46.0 Å². The summed E-state index contributed by atoms with van der Waals surface area (Å²) in [5.41, 5.74) is 7.00. The van der Waals surface area contributed by atoms with Crippen molar-refractivity contribution in [1.29, 1.82) is 0 Å². The molecule has 5 aromatic carbocycles. The zero-order chi connectivity index (χ0) is 55.8. The Morgan fingerprint density at radius 2 is 0.857 bits per heavy atom. The number of nitrogens with zero attached hydrogens (tertiary/aromatic N) is 2. The van der Waals surface area contributed by atoms with Gasteiger partial charge in [0.1, 0.15) is 22.2 Å². The maximum atomic E-state index is 13.2. The van der Waals surface area contributed by atoms with E-state index >= 15 is 0 Å². The number of hydrogen-bond donors (Lipinski definition) is 0. The number of likely N-dealkylation sites (N-methyl/N-ethyl adjacent to an activating group) is 2. The standard InChI is InChI=1S/C53H72N2O12.C6H6O3S/c1-54(22-18-38-32-48(62-7)50(64-9)34-40(38)42(54)28-36-14-16-44(58-3)46(30-36)60-5)24-20-52(56)66-26-12-11-13-27-67-53(57)21-25-55(2)23-19-39-33-49(63-8)51(65-10)35-41(39)43(55)29-37-15-17-45(59-4)47(31-37)61-6;7-10(8,9)6-4-2-1-3-5-6/h14-17,30-35,42-43H,11-13,18-29H2,1-10H3;1-5H,(H,7,8,9)/q+2;/p-1/t42-,43+,54+,55-;. The van der Waals surface area contributed by atoms with E-state index in [4.69, 9.17) is 47.4 Å². The maximum absolute atomic E-state index is 13.2. The van der Waals surface area contributed by atoms with Gasteiger partial charge in [0.15, 0.2) is 46.0 Å². The smallest absolute Gasteiger partial charge is 0.311 e. The zero-order valence-corrected chi connectivity index (χ0v) is 47.2. The van der Waals surface area contributed by atoms with E-state index in [0.29, 0.717) is 107 Å². The summed E-state index contributed by atoms with van der Waals surface area (Å²) in [4.78, 5) is 26.2. The van der Waals surface area contributed by atoms with Crippen LogP contribution in [0.2, 0.25) is 0 Å². The van der Waals surface area contributed by atoms with Gasteiger partial charge in [0.25, 0.3) is 0 Å². The largest absolute Gasteiger partial charge is 0.744 e. The molecule has 17 nitrogen and oxygen atoms in total. The van der Waals surface area contributed by atoms with Crippen LogP contribution in [0.25, 0.3) is 0 Å². The van der Waals surface area contributed by atoms with Crippen molar-refractivity contribution in [2.24, 2.45) is 0 Å². The lowest BCUT2D eigenvalue weighted by molar-refractivity contribution is -0.940. The molecule has 2 aliphatic rings. The fourth-order valence-corrected chi connectivity index (χ4v) is 11.0. The van der Waals surface area contributed by atoms with Gasteiger partial charge in [-0.1, -0.05) is 30.3 Å². The molecular formula is C59H77N2O15S+. The Morgan fingerprint density at radius 1 is 0.494 bits per heavy atom. The summed E-state index contributed by atoms with van der Waals surface area (Å²) in [5, 5.41) is 0. The van der Waals surface area contributed by atoms with Crippen LogP contribution in [0.15, 0.2) is 95.9 Å². The number of hydrogen-bond acceptors (Lipinski definition) is 15. The molecule has 0 N–H and O–H groups in total. The van der Waals surface area contributed by atoms with Crippen LogP contribution in [-0.2, 0) is 54.9 Å². The molecular weight excluding hydrogens is 1010 g/mol. The average molecular weight is 1090 g/mol. The maximum Gasteiger partial charge on any atom is 0.311 e. The van der Waals surface area contributed by atoms with Gasteiger partial charge < -0.3 is 60.9 Å². The number of benzene rings is 5. The lowest BCUT2D eigenvalue weighted by Crippen LogP contribution is -2.53. The summed E-state index contributed by atoms with van der Waals surface area (Å²) in [5.74, 6) is 5.06. The number of rotatable bonds is 25. The summed E-state index contributed by atoms with van der Waals surface area (Å²) < 4.78 is 88.7. The van der Waals surface area contributed by atoms with E-state index in [9.17, 15) is 22.6 Å². The van der Waals surface area contributed by atoms with Crippen LogP contribution in [0.1, 0.15) is 77.6 Å². The minimum Gasteiger partial charge on any atom is -0.744 e. The highest BCUT2D eigenvalue weighted by molar-refractivity contribution is 7.85. The van der Waals surface area contributed by atoms with Gasteiger partial charge in [0.05, 0.1) is 128 Å². The Hall–Kier alpha value is -6.73. The van der Waals surface area contributed by atoms with E-state index < -0.39 is 10.1 Å². The number of ether oxygens (including phenoxy) is 10. The molecule has 4 atom stereocenters. The third-order valence-electron chi connectivity index (χ3n) is 15.1. The summed E-state index contributed by atoms with van der Waals surface area (Å²) in [6.07, 6.45) is 5.85. The second-order valence-electron chi connectivity index (χ2n) is 19.8. The van der Waals surface area contributed by atoms with Gasteiger partial charge in [-0.05, 0) is 102 Å².